The molecular weight excluding hydrogens is 236 g/mol. The van der Waals surface area contributed by atoms with Crippen LogP contribution in [0.15, 0.2) is 24.3 Å². The molecule has 0 heterocycles. The van der Waals surface area contributed by atoms with Crippen LogP contribution in [0.2, 0.25) is 0 Å². The van der Waals surface area contributed by atoms with E-state index in [1.165, 1.54) is 0 Å². The summed E-state index contributed by atoms with van der Waals surface area (Å²) in [6.07, 6.45) is 0.714. The first-order valence-corrected chi connectivity index (χ1v) is 6.89. The molecule has 4 N–H and O–H groups in total. The third kappa shape index (κ3) is 3.94. The molecule has 0 radical (unpaired) electrons. The van der Waals surface area contributed by atoms with Crippen LogP contribution < -0.4 is 11.5 Å². The van der Waals surface area contributed by atoms with Gasteiger partial charge in [0.15, 0.2) is 0 Å². The van der Waals surface area contributed by atoms with Gasteiger partial charge in [-0.25, -0.2) is 0 Å². The van der Waals surface area contributed by atoms with Gasteiger partial charge in [-0.2, -0.15) is 0 Å². The second-order valence-corrected chi connectivity index (χ2v) is 5.79. The van der Waals surface area contributed by atoms with Crippen molar-refractivity contribution < 1.29 is 9.00 Å². The number of nitrogens with two attached hydrogens (primary N) is 2. The molecule has 17 heavy (non-hydrogen) atoms. The molecule has 0 aliphatic heterocycles. The lowest BCUT2D eigenvalue weighted by atomic mass is 10.1. The Hall–Kier alpha value is -1.20. The second-order valence-electron chi connectivity index (χ2n) is 3.93. The average Bonchev–Trinajstić information content (AvgIpc) is 2.29. The second kappa shape index (κ2) is 6.51. The quantitative estimate of drug-likeness (QED) is 0.786. The van der Waals surface area contributed by atoms with E-state index < -0.39 is 16.7 Å². The number of hydrogen-bond acceptors (Lipinski definition) is 3. The smallest absolute Gasteiger partial charge is 0.249 e. The number of hydrogen-bond donors (Lipinski definition) is 2. The van der Waals surface area contributed by atoms with Gasteiger partial charge in [-0.3, -0.25) is 9.00 Å². The van der Waals surface area contributed by atoms with Crippen molar-refractivity contribution in [2.75, 3.05) is 6.54 Å². The van der Waals surface area contributed by atoms with E-state index in [0.717, 1.165) is 5.56 Å². The van der Waals surface area contributed by atoms with Gasteiger partial charge in [0.2, 0.25) is 5.91 Å². The maximum Gasteiger partial charge on any atom is 0.249 e. The molecule has 0 aromatic heterocycles. The zero-order chi connectivity index (χ0) is 12.8. The van der Waals surface area contributed by atoms with Crippen LogP contribution in [-0.2, 0) is 16.6 Å². The van der Waals surface area contributed by atoms with Crippen molar-refractivity contribution >= 4 is 16.7 Å². The van der Waals surface area contributed by atoms with Gasteiger partial charge in [-0.05, 0) is 24.6 Å². The normalized spacial score (nSPS) is 14.2. The monoisotopic (exact) mass is 254 g/mol. The van der Waals surface area contributed by atoms with Gasteiger partial charge in [0.25, 0.3) is 0 Å². The van der Waals surface area contributed by atoms with Crippen LogP contribution in [0, 0.1) is 0 Å². The molecule has 1 aromatic rings. The summed E-state index contributed by atoms with van der Waals surface area (Å²) in [5.41, 5.74) is 11.9. The predicted octanol–water partition coefficient (Wildman–Crippen LogP) is 0.772. The van der Waals surface area contributed by atoms with Crippen molar-refractivity contribution in [1.82, 2.24) is 0 Å². The maximum absolute atomic E-state index is 12.0. The summed E-state index contributed by atoms with van der Waals surface area (Å²) in [7, 11) is -1.03. The first kappa shape index (κ1) is 13.9. The summed E-state index contributed by atoms with van der Waals surface area (Å²) in [6, 6.07) is 7.00. The zero-order valence-electron chi connectivity index (χ0n) is 9.89. The van der Waals surface area contributed by atoms with E-state index in [4.69, 9.17) is 11.5 Å². The topological polar surface area (TPSA) is 86.2 Å². The maximum atomic E-state index is 12.0. The Bertz CT molecular complexity index is 421. The van der Waals surface area contributed by atoms with Crippen molar-refractivity contribution in [2.24, 2.45) is 11.5 Å². The number of benzene rings is 1. The molecule has 0 aliphatic carbocycles. The van der Waals surface area contributed by atoms with E-state index in [2.05, 4.69) is 0 Å². The van der Waals surface area contributed by atoms with E-state index >= 15 is 0 Å². The van der Waals surface area contributed by atoms with Crippen LogP contribution >= 0.6 is 0 Å². The van der Waals surface area contributed by atoms with Crippen LogP contribution in [0.1, 0.15) is 29.3 Å². The molecule has 0 fully saturated rings. The number of primary amides is 1. The number of carbonyl (C=O) groups excluding carboxylic acids is 1. The first-order valence-electron chi connectivity index (χ1n) is 5.51. The highest BCUT2D eigenvalue weighted by molar-refractivity contribution is 7.84. The molecule has 0 bridgehead atoms. The molecule has 1 amide bonds. The Morgan fingerprint density at radius 2 is 2.06 bits per heavy atom. The number of carbonyl (C=O) groups is 1. The highest BCUT2D eigenvalue weighted by atomic mass is 32.2. The van der Waals surface area contributed by atoms with E-state index in [-0.39, 0.29) is 5.25 Å². The van der Waals surface area contributed by atoms with Gasteiger partial charge >= 0.3 is 0 Å². The molecule has 0 saturated heterocycles. The van der Waals surface area contributed by atoms with Gasteiger partial charge < -0.3 is 11.5 Å². The van der Waals surface area contributed by atoms with Gasteiger partial charge in [0, 0.05) is 27.4 Å². The standard InChI is InChI=1S/C12H18N2O2S/c1-9(6-7-13)17(16)8-10-4-2-3-5-11(10)12(14)15/h2-5,9H,6-8,13H2,1H3,(H2,14,15). The van der Waals surface area contributed by atoms with Crippen molar-refractivity contribution in [1.29, 1.82) is 0 Å². The summed E-state index contributed by atoms with van der Waals surface area (Å²) in [4.78, 5) is 11.2. The predicted molar refractivity (Wildman–Crippen MR) is 69.9 cm³/mol. The summed E-state index contributed by atoms with van der Waals surface area (Å²) < 4.78 is 12.0. The Morgan fingerprint density at radius 1 is 1.41 bits per heavy atom. The number of rotatable bonds is 6. The van der Waals surface area contributed by atoms with Crippen molar-refractivity contribution in [3.8, 4) is 0 Å². The lowest BCUT2D eigenvalue weighted by Gasteiger charge is -2.11. The summed E-state index contributed by atoms with van der Waals surface area (Å²) >= 11 is 0. The van der Waals surface area contributed by atoms with E-state index in [0.29, 0.717) is 24.3 Å². The Balaban J connectivity index is 2.81. The Kier molecular flexibility index (Phi) is 5.31. The van der Waals surface area contributed by atoms with Gasteiger partial charge in [-0.15, -0.1) is 0 Å². The molecule has 94 valence electrons. The minimum Gasteiger partial charge on any atom is -0.366 e. The minimum atomic E-state index is -1.03. The fraction of sp³-hybridized carbons (Fsp3) is 0.417. The van der Waals surface area contributed by atoms with E-state index in [1.54, 1.807) is 18.2 Å². The fourth-order valence-corrected chi connectivity index (χ4v) is 2.79. The fourth-order valence-electron chi connectivity index (χ4n) is 1.55. The molecule has 0 saturated carbocycles. The molecule has 1 rings (SSSR count). The molecule has 0 spiro atoms. The Labute approximate surface area is 104 Å². The molecule has 0 aliphatic rings. The Morgan fingerprint density at radius 3 is 2.65 bits per heavy atom. The lowest BCUT2D eigenvalue weighted by Crippen LogP contribution is -2.19. The molecule has 5 heteroatoms. The van der Waals surface area contributed by atoms with Gasteiger partial charge in [-0.1, -0.05) is 25.1 Å². The molecule has 4 nitrogen and oxygen atoms in total. The van der Waals surface area contributed by atoms with Crippen LogP contribution in [0.25, 0.3) is 0 Å². The molecular formula is C12H18N2O2S. The van der Waals surface area contributed by atoms with E-state index in [9.17, 15) is 9.00 Å². The van der Waals surface area contributed by atoms with Gasteiger partial charge in [0.1, 0.15) is 0 Å². The summed E-state index contributed by atoms with van der Waals surface area (Å²) in [5, 5.41) is 0.0286. The highest BCUT2D eigenvalue weighted by Crippen LogP contribution is 2.13. The van der Waals surface area contributed by atoms with Crippen molar-refractivity contribution in [3.05, 3.63) is 35.4 Å². The molecule has 2 atom stereocenters. The lowest BCUT2D eigenvalue weighted by molar-refractivity contribution is 0.0999. The third-order valence-electron chi connectivity index (χ3n) is 2.60. The van der Waals surface area contributed by atoms with Crippen LogP contribution in [0.4, 0.5) is 0 Å². The molecule has 1 aromatic carbocycles. The number of amides is 1. The van der Waals surface area contributed by atoms with E-state index in [1.807, 2.05) is 13.0 Å². The average molecular weight is 254 g/mol. The van der Waals surface area contributed by atoms with Crippen LogP contribution in [0.5, 0.6) is 0 Å². The third-order valence-corrected chi connectivity index (χ3v) is 4.33. The van der Waals surface area contributed by atoms with Crippen molar-refractivity contribution in [3.63, 3.8) is 0 Å². The SMILES string of the molecule is CC(CCN)S(=O)Cc1ccccc1C(N)=O. The molecule has 2 unspecified atom stereocenters. The van der Waals surface area contributed by atoms with Crippen molar-refractivity contribution in [2.45, 2.75) is 24.3 Å². The minimum absolute atomic E-state index is 0.0286. The largest absolute Gasteiger partial charge is 0.366 e. The highest BCUT2D eigenvalue weighted by Gasteiger charge is 2.14. The summed E-state index contributed by atoms with van der Waals surface area (Å²) in [6.45, 7) is 2.42. The van der Waals surface area contributed by atoms with Crippen LogP contribution in [-0.4, -0.2) is 21.9 Å². The van der Waals surface area contributed by atoms with Gasteiger partial charge in [0.05, 0.1) is 0 Å². The van der Waals surface area contributed by atoms with Crippen LogP contribution in [0.3, 0.4) is 0 Å². The first-order chi connectivity index (χ1) is 8.06. The summed E-state index contributed by atoms with van der Waals surface area (Å²) in [5.74, 6) is -0.135. The zero-order valence-corrected chi connectivity index (χ0v) is 10.7.